The summed E-state index contributed by atoms with van der Waals surface area (Å²) in [6.45, 7) is 7.97. The number of benzene rings is 4. The quantitative estimate of drug-likeness (QED) is 0.0472. The monoisotopic (exact) mass is 1100 g/mol. The number of aromatic carboxylic acids is 1. The Balaban J connectivity index is 0.720. The minimum absolute atomic E-state index is 0.0267. The Hall–Kier alpha value is -7.88. The third kappa shape index (κ3) is 11.8. The number of ether oxygens (including phenoxy) is 1. The zero-order valence-electron chi connectivity index (χ0n) is 44.5. The normalized spacial score (nSPS) is 19.2. The van der Waals surface area contributed by atoms with Crippen LogP contribution in [0.25, 0.3) is 21.3 Å². The number of nitrogens with one attached hydrogen (secondary N) is 4. The number of piperidine rings is 1. The van der Waals surface area contributed by atoms with Gasteiger partial charge in [0.15, 0.2) is 17.4 Å². The van der Waals surface area contributed by atoms with E-state index < -0.39 is 36.9 Å². The average molecular weight is 1100 g/mol. The Bertz CT molecular complexity index is 3320. The van der Waals surface area contributed by atoms with E-state index in [1.165, 1.54) is 11.3 Å². The highest BCUT2D eigenvalue weighted by Crippen LogP contribution is 2.36. The second kappa shape index (κ2) is 22.8. The molecule has 21 heteroatoms. The van der Waals surface area contributed by atoms with E-state index in [4.69, 9.17) is 10.1 Å². The van der Waals surface area contributed by atoms with Crippen molar-refractivity contribution in [2.45, 2.75) is 64.6 Å². The zero-order chi connectivity index (χ0) is 55.7. The number of halogens is 2. The van der Waals surface area contributed by atoms with Gasteiger partial charge in [-0.3, -0.25) is 39.6 Å². The van der Waals surface area contributed by atoms with Gasteiger partial charge in [-0.05, 0) is 110 Å². The highest BCUT2D eigenvalue weighted by molar-refractivity contribution is 7.22. The lowest BCUT2D eigenvalue weighted by Crippen LogP contribution is -2.61. The zero-order valence-corrected chi connectivity index (χ0v) is 45.3. The van der Waals surface area contributed by atoms with Crippen molar-refractivity contribution in [2.75, 3.05) is 93.0 Å². The standard InChI is InChI=1S/C58H63F2N11O7S/c1-34-28-67(29-35(2)71(34)31-51(73)69-25-23-68(24-26-69)38-15-16-42(46(27-38)62-4)52(61)43-18-20-50(72)65-55(43)75)32-58(59,60)33-78-47-13-8-10-39(36(47)3)40-17-19-49(64-53(40)56(76)77)70-22-21-37-9-7-11-41(44(37)30-70)54(74)66-57-63-45-12-5-6-14-48(45)79-57/h5-17,19,27,34-35,43,61-62H,18,20-26,28-33H2,1-4H3,(H,76,77)(H,63,66,74)(H,65,72,75). The molecule has 18 nitrogen and oxygen atoms in total. The van der Waals surface area contributed by atoms with Gasteiger partial charge in [-0.1, -0.05) is 47.7 Å². The van der Waals surface area contributed by atoms with Crippen molar-refractivity contribution >= 4 is 79.2 Å². The summed E-state index contributed by atoms with van der Waals surface area (Å²) in [4.78, 5) is 83.4. The van der Waals surface area contributed by atoms with Gasteiger partial charge in [0.2, 0.25) is 17.7 Å². The summed E-state index contributed by atoms with van der Waals surface area (Å²) < 4.78 is 38.6. The maximum absolute atomic E-state index is 15.9. The summed E-state index contributed by atoms with van der Waals surface area (Å²) in [7, 11) is 1.76. The lowest BCUT2D eigenvalue weighted by Gasteiger charge is -2.45. The smallest absolute Gasteiger partial charge is 0.355 e. The van der Waals surface area contributed by atoms with Crippen LogP contribution in [0.1, 0.15) is 69.8 Å². The molecule has 4 aliphatic rings. The van der Waals surface area contributed by atoms with E-state index in [2.05, 4.69) is 35.7 Å². The van der Waals surface area contributed by atoms with E-state index in [-0.39, 0.29) is 66.3 Å². The Morgan fingerprint density at radius 1 is 0.873 bits per heavy atom. The van der Waals surface area contributed by atoms with Gasteiger partial charge in [0.05, 0.1) is 34.9 Å². The molecule has 0 bridgehead atoms. The number of carbonyl (C=O) groups excluding carboxylic acids is 4. The number of imide groups is 1. The second-order valence-electron chi connectivity index (χ2n) is 20.8. The molecule has 2 aromatic heterocycles. The Morgan fingerprint density at radius 2 is 1.63 bits per heavy atom. The van der Waals surface area contributed by atoms with Crippen molar-refractivity contribution in [2.24, 2.45) is 5.92 Å². The van der Waals surface area contributed by atoms with E-state index >= 15 is 8.78 Å². The number of carboxylic acid groups (broad SMARTS) is 1. The summed E-state index contributed by atoms with van der Waals surface area (Å²) in [6.07, 6.45) is 1.08. The fourth-order valence-corrected chi connectivity index (χ4v) is 12.3. The third-order valence-corrected chi connectivity index (χ3v) is 16.5. The number of hydrogen-bond donors (Lipinski definition) is 5. The Labute approximate surface area is 460 Å². The number of piperazine rings is 2. The molecule has 5 N–H and O–H groups in total. The van der Waals surface area contributed by atoms with Crippen LogP contribution in [0.15, 0.2) is 91.0 Å². The molecule has 6 heterocycles. The number of anilines is 4. The molecule has 3 atom stereocenters. The molecule has 0 saturated carbocycles. The maximum atomic E-state index is 15.9. The van der Waals surface area contributed by atoms with Crippen molar-refractivity contribution in [3.05, 3.63) is 125 Å². The van der Waals surface area contributed by atoms with E-state index in [9.17, 15) is 29.1 Å². The summed E-state index contributed by atoms with van der Waals surface area (Å²) in [5.74, 6) is -5.71. The molecular formula is C58H63F2N11O7S. The van der Waals surface area contributed by atoms with Gasteiger partial charge in [-0.25, -0.2) is 23.5 Å². The largest absolute Gasteiger partial charge is 0.487 e. The lowest BCUT2D eigenvalue weighted by atomic mass is 9.88. The minimum Gasteiger partial charge on any atom is -0.487 e. The number of fused-ring (bicyclic) bond motifs is 2. The van der Waals surface area contributed by atoms with E-state index in [0.717, 1.165) is 27.0 Å². The van der Waals surface area contributed by atoms with Gasteiger partial charge in [0.25, 0.3) is 11.8 Å². The predicted molar refractivity (Wildman–Crippen MR) is 300 cm³/mol. The number of carbonyl (C=O) groups is 5. The molecule has 10 rings (SSSR count). The van der Waals surface area contributed by atoms with Gasteiger partial charge in [-0.2, -0.15) is 0 Å². The first-order valence-corrected chi connectivity index (χ1v) is 27.4. The topological polar surface area (TPSA) is 217 Å². The Kier molecular flexibility index (Phi) is 15.7. The van der Waals surface area contributed by atoms with Crippen molar-refractivity contribution in [1.29, 1.82) is 5.41 Å². The van der Waals surface area contributed by atoms with E-state index in [1.807, 2.05) is 78.2 Å². The number of rotatable bonds is 16. The summed E-state index contributed by atoms with van der Waals surface area (Å²) >= 11 is 1.39. The highest BCUT2D eigenvalue weighted by Gasteiger charge is 2.39. The summed E-state index contributed by atoms with van der Waals surface area (Å²) in [6, 6.07) is 26.9. The van der Waals surface area contributed by atoms with Gasteiger partial charge >= 0.3 is 5.97 Å². The van der Waals surface area contributed by atoms with Crippen molar-refractivity contribution < 1.29 is 42.6 Å². The number of carboxylic acids is 1. The van der Waals surface area contributed by atoms with Crippen molar-refractivity contribution in [3.8, 4) is 16.9 Å². The SMILES string of the molecule is CNc1cc(N2CCN(C(=O)CN3C(C)CN(CC(F)(F)COc4cccc(-c5ccc(N6CCc7cccc(C(=O)Nc8nc9ccccc9s8)c7C6)nc5C(=O)O)c4C)CC3C)CC2)ccc1C(=N)C1CCC(=O)NC1=O. The van der Waals surface area contributed by atoms with Crippen LogP contribution in [-0.4, -0.2) is 156 Å². The number of thiazole rings is 1. The van der Waals surface area contributed by atoms with Crippen LogP contribution in [-0.2, 0) is 27.3 Å². The van der Waals surface area contributed by atoms with Gasteiger partial charge in [-0.15, -0.1) is 0 Å². The predicted octanol–water partition coefficient (Wildman–Crippen LogP) is 7.40. The van der Waals surface area contributed by atoms with Crippen molar-refractivity contribution in [1.82, 2.24) is 30.0 Å². The van der Waals surface area contributed by atoms with Crippen LogP contribution < -0.4 is 30.5 Å². The molecule has 4 amide bonds. The lowest BCUT2D eigenvalue weighted by molar-refractivity contribution is -0.136. The number of nitrogens with zero attached hydrogens (tertiary/aromatic N) is 7. The van der Waals surface area contributed by atoms with Crippen LogP contribution in [0.2, 0.25) is 0 Å². The number of para-hydroxylation sites is 1. The van der Waals surface area contributed by atoms with Gasteiger partial charge < -0.3 is 35.3 Å². The molecule has 412 valence electrons. The van der Waals surface area contributed by atoms with Crippen LogP contribution in [0, 0.1) is 18.3 Å². The van der Waals surface area contributed by atoms with E-state index in [0.29, 0.717) is 103 Å². The fourth-order valence-electron chi connectivity index (χ4n) is 11.4. The molecule has 4 aromatic carbocycles. The first-order valence-electron chi connectivity index (χ1n) is 26.6. The van der Waals surface area contributed by atoms with Gasteiger partial charge in [0.1, 0.15) is 11.6 Å². The number of aromatic nitrogens is 2. The first-order chi connectivity index (χ1) is 37.9. The minimum atomic E-state index is -3.25. The fraction of sp³-hybridized carbons (Fsp3) is 0.379. The van der Waals surface area contributed by atoms with Crippen LogP contribution in [0.4, 0.5) is 31.1 Å². The van der Waals surface area contributed by atoms with Crippen molar-refractivity contribution in [3.63, 3.8) is 0 Å². The molecule has 6 aromatic rings. The number of pyridine rings is 1. The van der Waals surface area contributed by atoms with Gasteiger partial charge in [0, 0.05) is 106 Å². The molecule has 0 spiro atoms. The number of alkyl halides is 2. The Morgan fingerprint density at radius 3 is 2.37 bits per heavy atom. The molecule has 3 fully saturated rings. The second-order valence-corrected chi connectivity index (χ2v) is 21.9. The number of amides is 4. The van der Waals surface area contributed by atoms with Crippen LogP contribution in [0.3, 0.4) is 0 Å². The molecule has 79 heavy (non-hydrogen) atoms. The third-order valence-electron chi connectivity index (χ3n) is 15.6. The molecule has 0 aliphatic carbocycles. The first kappa shape index (κ1) is 54.5. The average Bonchev–Trinajstić information content (AvgIpc) is 3.92. The molecule has 0 radical (unpaired) electrons. The van der Waals surface area contributed by atoms with E-state index in [1.54, 1.807) is 55.3 Å². The molecule has 3 saturated heterocycles. The highest BCUT2D eigenvalue weighted by atomic mass is 32.1. The summed E-state index contributed by atoms with van der Waals surface area (Å²) in [5, 5.41) is 28.2. The summed E-state index contributed by atoms with van der Waals surface area (Å²) in [5.41, 5.74) is 6.52. The number of hydrogen-bond acceptors (Lipinski definition) is 15. The molecule has 4 aliphatic heterocycles. The van der Waals surface area contributed by atoms with Crippen LogP contribution in [0.5, 0.6) is 5.75 Å². The molecular weight excluding hydrogens is 1030 g/mol. The maximum Gasteiger partial charge on any atom is 0.355 e. The molecule has 3 unspecified atom stereocenters. The van der Waals surface area contributed by atoms with Crippen LogP contribution >= 0.6 is 11.3 Å².